The van der Waals surface area contributed by atoms with Crippen molar-refractivity contribution in [3.05, 3.63) is 12.2 Å². The summed E-state index contributed by atoms with van der Waals surface area (Å²) in [6, 6.07) is -0.547. The number of ether oxygens (including phenoxy) is 1. The Morgan fingerprint density at radius 2 is 0.653 bits per heavy atom. The highest BCUT2D eigenvalue weighted by Gasteiger charge is 2.20. The molecule has 0 rings (SSSR count). The van der Waals surface area contributed by atoms with E-state index in [1.807, 2.05) is 0 Å². The summed E-state index contributed by atoms with van der Waals surface area (Å²) in [5.41, 5.74) is 0. The summed E-state index contributed by atoms with van der Waals surface area (Å²) in [4.78, 5) is 24.6. The number of carbonyl (C=O) groups is 2. The Morgan fingerprint density at radius 1 is 0.375 bits per heavy atom. The van der Waals surface area contributed by atoms with Gasteiger partial charge in [-0.3, -0.25) is 9.59 Å². The fourth-order valence-corrected chi connectivity index (χ4v) is 10.5. The third-order valence-electron chi connectivity index (χ3n) is 15.6. The van der Waals surface area contributed by atoms with Gasteiger partial charge in [-0.15, -0.1) is 0 Å². The highest BCUT2D eigenvalue weighted by atomic mass is 16.5. The lowest BCUT2D eigenvalue weighted by Crippen LogP contribution is -2.45. The lowest BCUT2D eigenvalue weighted by atomic mass is 10.0. The number of allylic oxidation sites excluding steroid dienone is 2. The molecule has 0 saturated heterocycles. The van der Waals surface area contributed by atoms with Crippen molar-refractivity contribution in [2.45, 2.75) is 386 Å². The van der Waals surface area contributed by atoms with Gasteiger partial charge in [-0.2, -0.15) is 0 Å². The molecule has 0 aromatic heterocycles. The van der Waals surface area contributed by atoms with Gasteiger partial charge < -0.3 is 20.3 Å². The van der Waals surface area contributed by atoms with Crippen LogP contribution in [0.3, 0.4) is 0 Å². The standard InChI is InChI=1S/C66H129NO5/c1-3-5-7-9-11-13-15-17-19-26-30-34-38-42-46-50-54-58-64(69)63(62-68)67-65(70)59-55-51-47-43-39-35-31-28-24-22-21-23-25-29-33-37-41-45-49-53-57-61-72-66(71)60-56-52-48-44-40-36-32-27-20-18-16-14-12-10-8-6-4-2/h22,24,63-64,68-69H,3-21,23,25-62H2,1-2H3,(H,67,70)/b24-22-. The van der Waals surface area contributed by atoms with E-state index in [0.717, 1.165) is 38.5 Å². The van der Waals surface area contributed by atoms with Crippen LogP contribution >= 0.6 is 0 Å². The van der Waals surface area contributed by atoms with E-state index in [0.29, 0.717) is 25.9 Å². The predicted molar refractivity (Wildman–Crippen MR) is 315 cm³/mol. The highest BCUT2D eigenvalue weighted by molar-refractivity contribution is 5.76. The number of aliphatic hydroxyl groups is 2. The SMILES string of the molecule is CCCCCCCCCCCCCCCCCCCC(=O)OCCCCCCCCCCCC/C=C\CCCCCCCCCC(=O)NC(CO)C(O)CCCCCCCCCCCCCCCCCCC. The van der Waals surface area contributed by atoms with Gasteiger partial charge in [0.15, 0.2) is 0 Å². The molecule has 72 heavy (non-hydrogen) atoms. The first-order valence-electron chi connectivity index (χ1n) is 32.9. The van der Waals surface area contributed by atoms with Gasteiger partial charge in [-0.25, -0.2) is 0 Å². The Hall–Kier alpha value is -1.40. The molecule has 0 aromatic carbocycles. The highest BCUT2D eigenvalue weighted by Crippen LogP contribution is 2.18. The van der Waals surface area contributed by atoms with Crippen LogP contribution in [0.4, 0.5) is 0 Å². The summed E-state index contributed by atoms with van der Waals surface area (Å²) < 4.78 is 5.50. The van der Waals surface area contributed by atoms with Gasteiger partial charge in [0.2, 0.25) is 5.91 Å². The number of hydrogen-bond acceptors (Lipinski definition) is 5. The molecule has 0 heterocycles. The molecule has 6 nitrogen and oxygen atoms in total. The number of nitrogens with one attached hydrogen (secondary N) is 1. The monoisotopic (exact) mass is 1020 g/mol. The second-order valence-corrected chi connectivity index (χ2v) is 22.8. The van der Waals surface area contributed by atoms with Crippen molar-refractivity contribution >= 4 is 11.9 Å². The van der Waals surface area contributed by atoms with Crippen molar-refractivity contribution in [2.24, 2.45) is 0 Å². The average Bonchev–Trinajstić information content (AvgIpc) is 3.38. The summed E-state index contributed by atoms with van der Waals surface area (Å²) in [6.45, 7) is 4.98. The number of esters is 1. The largest absolute Gasteiger partial charge is 0.466 e. The van der Waals surface area contributed by atoms with E-state index in [2.05, 4.69) is 31.3 Å². The van der Waals surface area contributed by atoms with Crippen LogP contribution in [0.25, 0.3) is 0 Å². The second kappa shape index (κ2) is 62.1. The minimum Gasteiger partial charge on any atom is -0.466 e. The summed E-state index contributed by atoms with van der Waals surface area (Å²) in [5, 5.41) is 23.3. The quantitative estimate of drug-likeness (QED) is 0.0320. The number of hydrogen-bond donors (Lipinski definition) is 3. The molecular weight excluding hydrogens is 887 g/mol. The smallest absolute Gasteiger partial charge is 0.305 e. The zero-order valence-corrected chi connectivity index (χ0v) is 48.9. The molecule has 3 N–H and O–H groups in total. The van der Waals surface area contributed by atoms with Crippen LogP contribution in [-0.2, 0) is 14.3 Å². The maximum Gasteiger partial charge on any atom is 0.305 e. The predicted octanol–water partition coefficient (Wildman–Crippen LogP) is 20.8. The van der Waals surface area contributed by atoms with Crippen LogP contribution in [0.1, 0.15) is 373 Å². The fourth-order valence-electron chi connectivity index (χ4n) is 10.5. The van der Waals surface area contributed by atoms with Crippen molar-refractivity contribution < 1.29 is 24.5 Å². The lowest BCUT2D eigenvalue weighted by Gasteiger charge is -2.22. The molecule has 6 heteroatoms. The van der Waals surface area contributed by atoms with Crippen LogP contribution in [-0.4, -0.2) is 47.4 Å². The normalized spacial score (nSPS) is 12.6. The van der Waals surface area contributed by atoms with Crippen molar-refractivity contribution in [3.63, 3.8) is 0 Å². The van der Waals surface area contributed by atoms with E-state index >= 15 is 0 Å². The van der Waals surface area contributed by atoms with E-state index in [4.69, 9.17) is 4.74 Å². The Kier molecular flexibility index (Phi) is 60.9. The number of aliphatic hydroxyl groups excluding tert-OH is 2. The molecule has 428 valence electrons. The molecule has 0 aromatic rings. The van der Waals surface area contributed by atoms with E-state index in [-0.39, 0.29) is 18.5 Å². The van der Waals surface area contributed by atoms with Crippen molar-refractivity contribution in [1.82, 2.24) is 5.32 Å². The number of carbonyl (C=O) groups excluding carboxylic acids is 2. The number of unbranched alkanes of at least 4 members (excludes halogenated alkanes) is 49. The van der Waals surface area contributed by atoms with Crippen LogP contribution in [0.2, 0.25) is 0 Å². The first-order valence-corrected chi connectivity index (χ1v) is 32.9. The Morgan fingerprint density at radius 3 is 0.986 bits per heavy atom. The Bertz CT molecular complexity index is 1080. The molecule has 2 unspecified atom stereocenters. The molecule has 0 aliphatic heterocycles. The maximum absolute atomic E-state index is 12.5. The molecular formula is C66H129NO5. The lowest BCUT2D eigenvalue weighted by molar-refractivity contribution is -0.143. The van der Waals surface area contributed by atoms with E-state index in [1.54, 1.807) is 0 Å². The van der Waals surface area contributed by atoms with Crippen LogP contribution < -0.4 is 5.32 Å². The third-order valence-corrected chi connectivity index (χ3v) is 15.6. The van der Waals surface area contributed by atoms with Crippen LogP contribution in [0.5, 0.6) is 0 Å². The van der Waals surface area contributed by atoms with Crippen molar-refractivity contribution in [2.75, 3.05) is 13.2 Å². The summed E-state index contributed by atoms with van der Waals surface area (Å²) in [7, 11) is 0. The molecule has 2 atom stereocenters. The molecule has 0 aliphatic carbocycles. The summed E-state index contributed by atoms with van der Waals surface area (Å²) in [5.74, 6) is -0.0262. The summed E-state index contributed by atoms with van der Waals surface area (Å²) >= 11 is 0. The maximum atomic E-state index is 12.5. The molecule has 1 amide bonds. The van der Waals surface area contributed by atoms with Crippen molar-refractivity contribution in [3.8, 4) is 0 Å². The van der Waals surface area contributed by atoms with Gasteiger partial charge in [0, 0.05) is 12.8 Å². The van der Waals surface area contributed by atoms with Gasteiger partial charge in [-0.1, -0.05) is 321 Å². The minimum atomic E-state index is -0.669. The van der Waals surface area contributed by atoms with Gasteiger partial charge in [-0.05, 0) is 51.4 Å². The van der Waals surface area contributed by atoms with Gasteiger partial charge in [0.1, 0.15) is 0 Å². The summed E-state index contributed by atoms with van der Waals surface area (Å²) in [6.07, 6.45) is 75.2. The molecule has 0 bridgehead atoms. The van der Waals surface area contributed by atoms with Crippen LogP contribution in [0.15, 0.2) is 12.2 Å². The molecule has 0 spiro atoms. The van der Waals surface area contributed by atoms with Gasteiger partial charge in [0.25, 0.3) is 0 Å². The van der Waals surface area contributed by atoms with Gasteiger partial charge >= 0.3 is 5.97 Å². The van der Waals surface area contributed by atoms with Crippen LogP contribution in [0, 0.1) is 0 Å². The second-order valence-electron chi connectivity index (χ2n) is 22.8. The number of amides is 1. The topological polar surface area (TPSA) is 95.9 Å². The average molecular weight is 1020 g/mol. The van der Waals surface area contributed by atoms with Gasteiger partial charge in [0.05, 0.1) is 25.4 Å². The van der Waals surface area contributed by atoms with E-state index in [9.17, 15) is 19.8 Å². The molecule has 0 saturated carbocycles. The zero-order valence-electron chi connectivity index (χ0n) is 48.9. The first-order chi connectivity index (χ1) is 35.5. The first kappa shape index (κ1) is 70.6. The molecule has 0 fully saturated rings. The Balaban J connectivity index is 3.40. The zero-order chi connectivity index (χ0) is 52.2. The van der Waals surface area contributed by atoms with E-state index in [1.165, 1.54) is 302 Å². The van der Waals surface area contributed by atoms with E-state index < -0.39 is 12.1 Å². The fraction of sp³-hybridized carbons (Fsp3) is 0.939. The Labute approximate surface area is 450 Å². The number of rotatable bonds is 62. The molecule has 0 radical (unpaired) electrons. The molecule has 0 aliphatic rings. The minimum absolute atomic E-state index is 0.0131. The third kappa shape index (κ3) is 57.9. The van der Waals surface area contributed by atoms with Crippen molar-refractivity contribution in [1.29, 1.82) is 0 Å².